The molecule has 1 aliphatic rings. The molecule has 39 heavy (non-hydrogen) atoms. The summed E-state index contributed by atoms with van der Waals surface area (Å²) in [4.78, 5) is 21.4. The van der Waals surface area contributed by atoms with Gasteiger partial charge in [0.25, 0.3) is 5.91 Å². The predicted molar refractivity (Wildman–Crippen MR) is 146 cm³/mol. The number of fused-ring (bicyclic) bond motifs is 1. The summed E-state index contributed by atoms with van der Waals surface area (Å²) in [6.45, 7) is 2.23. The summed E-state index contributed by atoms with van der Waals surface area (Å²) < 4.78 is 3.47. The smallest absolute Gasteiger partial charge is 0.256 e. The fraction of sp³-hybridized carbons (Fsp3) is 0.207. The van der Waals surface area contributed by atoms with Crippen LogP contribution in [0.15, 0.2) is 79.5 Å². The second kappa shape index (κ2) is 10.0. The highest BCUT2D eigenvalue weighted by Crippen LogP contribution is 2.32. The SMILES string of the molecule is Cn1cc(-c2cc(-c3ccc(N4CCN(C(=O)[C@@H](O)c5ccccc5)CC4)nc3)c3c(C#N)cnn3c2)cn1. The lowest BCUT2D eigenvalue weighted by Crippen LogP contribution is -2.50. The van der Waals surface area contributed by atoms with E-state index < -0.39 is 6.10 Å². The number of amides is 1. The van der Waals surface area contributed by atoms with Crippen LogP contribution in [0.1, 0.15) is 17.2 Å². The van der Waals surface area contributed by atoms with Crippen LogP contribution < -0.4 is 4.90 Å². The van der Waals surface area contributed by atoms with E-state index in [1.54, 1.807) is 38.6 Å². The third-order valence-corrected chi connectivity index (χ3v) is 7.09. The van der Waals surface area contributed by atoms with Crippen molar-refractivity contribution in [1.82, 2.24) is 29.3 Å². The van der Waals surface area contributed by atoms with Gasteiger partial charge in [0, 0.05) is 74.1 Å². The molecule has 1 amide bonds. The normalized spacial score (nSPS) is 14.4. The van der Waals surface area contributed by atoms with E-state index in [1.165, 1.54) is 0 Å². The zero-order chi connectivity index (χ0) is 26.9. The third-order valence-electron chi connectivity index (χ3n) is 7.09. The number of carbonyl (C=O) groups is 1. The maximum atomic E-state index is 12.8. The molecule has 0 spiro atoms. The van der Waals surface area contributed by atoms with Gasteiger partial charge in [-0.15, -0.1) is 0 Å². The van der Waals surface area contributed by atoms with Gasteiger partial charge in [0.05, 0.1) is 23.5 Å². The molecule has 0 unspecified atom stereocenters. The highest BCUT2D eigenvalue weighted by atomic mass is 16.3. The molecule has 0 saturated carbocycles. The first-order valence-corrected chi connectivity index (χ1v) is 12.7. The van der Waals surface area contributed by atoms with Crippen molar-refractivity contribution in [3.05, 3.63) is 90.6 Å². The van der Waals surface area contributed by atoms with Crippen molar-refractivity contribution in [3.63, 3.8) is 0 Å². The molecule has 1 atom stereocenters. The number of nitrogens with zero attached hydrogens (tertiary/aromatic N) is 8. The molecule has 4 aromatic heterocycles. The number of aliphatic hydroxyl groups excluding tert-OH is 1. The first kappa shape index (κ1) is 24.3. The Hall–Kier alpha value is -5.01. The highest BCUT2D eigenvalue weighted by molar-refractivity contribution is 5.87. The summed E-state index contributed by atoms with van der Waals surface area (Å²) in [5.74, 6) is 0.527. The Balaban J connectivity index is 1.22. The summed E-state index contributed by atoms with van der Waals surface area (Å²) in [6, 6.07) is 17.2. The summed E-state index contributed by atoms with van der Waals surface area (Å²) in [5, 5.41) is 28.9. The molecular weight excluding hydrogens is 492 g/mol. The zero-order valence-electron chi connectivity index (χ0n) is 21.3. The second-order valence-electron chi connectivity index (χ2n) is 9.54. The van der Waals surface area contributed by atoms with E-state index in [0.29, 0.717) is 37.3 Å². The van der Waals surface area contributed by atoms with Gasteiger partial charge in [-0.3, -0.25) is 9.48 Å². The fourth-order valence-corrected chi connectivity index (χ4v) is 4.99. The van der Waals surface area contributed by atoms with Gasteiger partial charge in [0.2, 0.25) is 0 Å². The lowest BCUT2D eigenvalue weighted by molar-refractivity contribution is -0.140. The van der Waals surface area contributed by atoms with E-state index in [-0.39, 0.29) is 5.91 Å². The number of carbonyl (C=O) groups excluding carboxylic acids is 1. The molecule has 10 heteroatoms. The van der Waals surface area contributed by atoms with Crippen LogP contribution in [0.2, 0.25) is 0 Å². The van der Waals surface area contributed by atoms with Crippen molar-refractivity contribution in [1.29, 1.82) is 5.26 Å². The molecular formula is C29H26N8O2. The molecule has 10 nitrogen and oxygen atoms in total. The van der Waals surface area contributed by atoms with Crippen molar-refractivity contribution < 1.29 is 9.90 Å². The van der Waals surface area contributed by atoms with Crippen LogP contribution in [0.4, 0.5) is 5.82 Å². The molecule has 1 fully saturated rings. The molecule has 0 aliphatic carbocycles. The van der Waals surface area contributed by atoms with Crippen molar-refractivity contribution in [3.8, 4) is 28.3 Å². The first-order valence-electron chi connectivity index (χ1n) is 12.7. The van der Waals surface area contributed by atoms with E-state index in [9.17, 15) is 15.2 Å². The van der Waals surface area contributed by atoms with E-state index in [2.05, 4.69) is 21.2 Å². The average molecular weight is 519 g/mol. The van der Waals surface area contributed by atoms with Crippen molar-refractivity contribution in [2.45, 2.75) is 6.10 Å². The van der Waals surface area contributed by atoms with Gasteiger partial charge in [0.1, 0.15) is 11.9 Å². The van der Waals surface area contributed by atoms with Crippen LogP contribution in [0.5, 0.6) is 0 Å². The van der Waals surface area contributed by atoms with E-state index in [1.807, 2.05) is 62.0 Å². The number of pyridine rings is 2. The van der Waals surface area contributed by atoms with Crippen LogP contribution in [-0.2, 0) is 11.8 Å². The molecule has 194 valence electrons. The number of hydrogen-bond donors (Lipinski definition) is 1. The largest absolute Gasteiger partial charge is 0.378 e. The van der Waals surface area contributed by atoms with Gasteiger partial charge in [0.15, 0.2) is 6.10 Å². The van der Waals surface area contributed by atoms with Crippen LogP contribution in [0.3, 0.4) is 0 Å². The van der Waals surface area contributed by atoms with Crippen LogP contribution in [-0.4, -0.2) is 66.5 Å². The zero-order valence-corrected chi connectivity index (χ0v) is 21.3. The molecule has 1 saturated heterocycles. The van der Waals surface area contributed by atoms with E-state index >= 15 is 0 Å². The average Bonchev–Trinajstić information content (AvgIpc) is 3.62. The maximum Gasteiger partial charge on any atom is 0.256 e. The number of hydrogen-bond acceptors (Lipinski definition) is 7. The van der Waals surface area contributed by atoms with Gasteiger partial charge in [-0.25, -0.2) is 9.50 Å². The molecule has 1 aromatic carbocycles. The van der Waals surface area contributed by atoms with E-state index in [4.69, 9.17) is 4.98 Å². The summed E-state index contributed by atoms with van der Waals surface area (Å²) in [5.41, 5.74) is 5.42. The van der Waals surface area contributed by atoms with Crippen molar-refractivity contribution in [2.75, 3.05) is 31.1 Å². The van der Waals surface area contributed by atoms with Gasteiger partial charge in [-0.1, -0.05) is 30.3 Å². The topological polar surface area (TPSA) is 116 Å². The molecule has 0 bridgehead atoms. The number of piperazine rings is 1. The number of anilines is 1. The second-order valence-corrected chi connectivity index (χ2v) is 9.54. The minimum absolute atomic E-state index is 0.282. The summed E-state index contributed by atoms with van der Waals surface area (Å²) in [7, 11) is 1.87. The number of rotatable bonds is 5. The molecule has 6 rings (SSSR count). The number of aliphatic hydroxyl groups is 1. The summed E-state index contributed by atoms with van der Waals surface area (Å²) >= 11 is 0. The Bertz CT molecular complexity index is 1680. The number of benzene rings is 1. The van der Waals surface area contributed by atoms with Crippen molar-refractivity contribution in [2.24, 2.45) is 7.05 Å². The summed E-state index contributed by atoms with van der Waals surface area (Å²) in [6.07, 6.45) is 7.85. The van der Waals surface area contributed by atoms with Crippen molar-refractivity contribution >= 4 is 17.2 Å². The Labute approximate surface area is 225 Å². The van der Waals surface area contributed by atoms with E-state index in [0.717, 1.165) is 33.6 Å². The fourth-order valence-electron chi connectivity index (χ4n) is 4.99. The number of nitriles is 1. The predicted octanol–water partition coefficient (Wildman–Crippen LogP) is 3.05. The van der Waals surface area contributed by atoms with Crippen LogP contribution in [0, 0.1) is 11.3 Å². The quantitative estimate of drug-likeness (QED) is 0.380. The highest BCUT2D eigenvalue weighted by Gasteiger charge is 2.27. The Morgan fingerprint density at radius 3 is 2.41 bits per heavy atom. The lowest BCUT2D eigenvalue weighted by Gasteiger charge is -2.36. The van der Waals surface area contributed by atoms with Gasteiger partial charge in [-0.2, -0.15) is 15.5 Å². The molecule has 1 aliphatic heterocycles. The number of aromatic nitrogens is 5. The molecule has 1 N–H and O–H groups in total. The lowest BCUT2D eigenvalue weighted by atomic mass is 10.0. The minimum atomic E-state index is -1.16. The molecule has 5 heterocycles. The third kappa shape index (κ3) is 4.60. The Morgan fingerprint density at radius 2 is 1.74 bits per heavy atom. The van der Waals surface area contributed by atoms with Gasteiger partial charge < -0.3 is 14.9 Å². The first-order chi connectivity index (χ1) is 19.0. The number of aryl methyl sites for hydroxylation is 1. The maximum absolute atomic E-state index is 12.8. The van der Waals surface area contributed by atoms with Gasteiger partial charge in [-0.05, 0) is 23.8 Å². The standard InChI is InChI=1S/C29H26N8O2/c1-34-18-24(17-32-34)22-13-25(27-23(14-30)16-33-37(27)19-22)21-7-8-26(31-15-21)35-9-11-36(12-10-35)29(39)28(38)20-5-3-2-4-6-20/h2-8,13,15-19,28,38H,9-12H2,1H3/t28-/m0/s1. The van der Waals surface area contributed by atoms with Crippen LogP contribution >= 0.6 is 0 Å². The van der Waals surface area contributed by atoms with Crippen LogP contribution in [0.25, 0.3) is 27.8 Å². The Morgan fingerprint density at radius 1 is 0.949 bits per heavy atom. The molecule has 5 aromatic rings. The van der Waals surface area contributed by atoms with Gasteiger partial charge >= 0.3 is 0 Å². The monoisotopic (exact) mass is 518 g/mol. The Kier molecular flexibility index (Phi) is 6.26. The molecule has 0 radical (unpaired) electrons. The minimum Gasteiger partial charge on any atom is -0.378 e.